The number of aliphatic hydroxyl groups is 4. The van der Waals surface area contributed by atoms with Crippen LogP contribution in [0.5, 0.6) is 17.2 Å². The zero-order chi connectivity index (χ0) is 39.3. The van der Waals surface area contributed by atoms with Crippen LogP contribution in [0.4, 0.5) is 0 Å². The molecule has 13 nitrogen and oxygen atoms in total. The van der Waals surface area contributed by atoms with Crippen LogP contribution in [0.1, 0.15) is 79.7 Å². The second-order valence-electron chi connectivity index (χ2n) is 16.0. The van der Waals surface area contributed by atoms with Crippen LogP contribution in [0.15, 0.2) is 34.0 Å². The largest absolute Gasteiger partial charge is 0.492 e. The topological polar surface area (TPSA) is 193 Å². The first-order valence-corrected chi connectivity index (χ1v) is 19.9. The van der Waals surface area contributed by atoms with Gasteiger partial charge in [-0.1, -0.05) is 11.6 Å². The van der Waals surface area contributed by atoms with Crippen molar-refractivity contribution in [1.29, 1.82) is 0 Å². The predicted octanol–water partition coefficient (Wildman–Crippen LogP) is 1.50. The van der Waals surface area contributed by atoms with Gasteiger partial charge in [0.05, 0.1) is 55.0 Å². The van der Waals surface area contributed by atoms with E-state index in [4.69, 9.17) is 18.9 Å². The fraction of sp³-hybridized carbons (Fsp3) is 0.535. The minimum atomic E-state index is -1.27. The maximum absolute atomic E-state index is 14.3. The van der Waals surface area contributed by atoms with Crippen LogP contribution in [0.3, 0.4) is 0 Å². The summed E-state index contributed by atoms with van der Waals surface area (Å²) < 4.78 is 25.2. The quantitative estimate of drug-likeness (QED) is 0.192. The van der Waals surface area contributed by atoms with Crippen LogP contribution in [0.2, 0.25) is 0 Å². The number of benzene rings is 2. The van der Waals surface area contributed by atoms with Crippen LogP contribution in [-0.2, 0) is 38.6 Å². The van der Waals surface area contributed by atoms with E-state index in [9.17, 15) is 34.8 Å². The number of hydrogen-bond donors (Lipinski definition) is 5. The van der Waals surface area contributed by atoms with E-state index in [1.165, 1.54) is 0 Å². The Labute approximate surface area is 324 Å². The molecule has 0 aromatic heterocycles. The van der Waals surface area contributed by atoms with Gasteiger partial charge in [0.1, 0.15) is 34.7 Å². The SMILES string of the molecule is CCOC(=O)C1=C(C=O)/C2=C3\C[C@H](CO)C(=O)[C@H](C3)c3cc4c(cc3CC[C@@H](CO)COc3c5c(c(CO)c(c32)O1)O[C@H]([C@](C)(O)C1CCNCC1)C5)=NCC=4. The normalized spacial score (nSPS) is 26.9. The molecule has 1 saturated carbocycles. The van der Waals surface area contributed by atoms with Crippen molar-refractivity contribution in [3.05, 3.63) is 67.4 Å². The van der Waals surface area contributed by atoms with Gasteiger partial charge in [-0.15, -0.1) is 0 Å². The van der Waals surface area contributed by atoms with Crippen LogP contribution < -0.4 is 30.1 Å². The van der Waals surface area contributed by atoms with Crippen LogP contribution in [0, 0.1) is 17.8 Å². The van der Waals surface area contributed by atoms with E-state index < -0.39 is 42.7 Å². The molecule has 2 fully saturated rings. The minimum Gasteiger partial charge on any atom is -0.492 e. The molecule has 298 valence electrons. The Bertz CT molecular complexity index is 2150. The molecule has 1 saturated heterocycles. The van der Waals surface area contributed by atoms with Crippen molar-refractivity contribution in [3.8, 4) is 17.2 Å². The Hall–Kier alpha value is -4.40. The monoisotopic (exact) mass is 770 g/mol. The Kier molecular flexibility index (Phi) is 10.7. The highest BCUT2D eigenvalue weighted by atomic mass is 16.6. The summed E-state index contributed by atoms with van der Waals surface area (Å²) in [6.07, 6.45) is 4.78. The molecule has 5 heterocycles. The van der Waals surface area contributed by atoms with Gasteiger partial charge in [0.15, 0.2) is 6.29 Å². The van der Waals surface area contributed by atoms with E-state index in [2.05, 4.69) is 10.3 Å². The molecule has 0 spiro atoms. The summed E-state index contributed by atoms with van der Waals surface area (Å²) in [7, 11) is 0. The van der Waals surface area contributed by atoms with Crippen molar-refractivity contribution in [2.75, 3.05) is 46.1 Å². The summed E-state index contributed by atoms with van der Waals surface area (Å²) in [5, 5.41) is 49.7. The van der Waals surface area contributed by atoms with Gasteiger partial charge in [-0.2, -0.15) is 0 Å². The maximum atomic E-state index is 14.3. The van der Waals surface area contributed by atoms with Crippen molar-refractivity contribution < 1.29 is 53.8 Å². The molecule has 6 aliphatic rings. The molecule has 0 amide bonds. The van der Waals surface area contributed by atoms with Crippen molar-refractivity contribution >= 4 is 29.7 Å². The number of aryl methyl sites for hydroxylation is 1. The van der Waals surface area contributed by atoms with Gasteiger partial charge < -0.3 is 44.7 Å². The van der Waals surface area contributed by atoms with Crippen molar-refractivity contribution in [2.24, 2.45) is 22.7 Å². The summed E-state index contributed by atoms with van der Waals surface area (Å²) in [6.45, 7) is 4.28. The maximum Gasteiger partial charge on any atom is 0.375 e. The molecule has 13 heteroatoms. The van der Waals surface area contributed by atoms with E-state index in [1.807, 2.05) is 18.2 Å². The van der Waals surface area contributed by atoms with Crippen LogP contribution in [0.25, 0.3) is 11.6 Å². The molecule has 1 aliphatic carbocycles. The van der Waals surface area contributed by atoms with Gasteiger partial charge >= 0.3 is 5.97 Å². The third-order valence-electron chi connectivity index (χ3n) is 12.8. The van der Waals surface area contributed by atoms with Gasteiger partial charge in [0.25, 0.3) is 0 Å². The first kappa shape index (κ1) is 38.5. The number of carbonyl (C=O) groups is 3. The lowest BCUT2D eigenvalue weighted by molar-refractivity contribution is -0.141. The number of hydrogen-bond acceptors (Lipinski definition) is 13. The van der Waals surface area contributed by atoms with Gasteiger partial charge in [-0.05, 0) is 99.9 Å². The molecular formula is C43H50N2O11. The van der Waals surface area contributed by atoms with E-state index in [0.29, 0.717) is 47.9 Å². The number of fused-ring (bicyclic) bond motifs is 7. The summed E-state index contributed by atoms with van der Waals surface area (Å²) >= 11 is 0. The Morgan fingerprint density at radius 1 is 1.07 bits per heavy atom. The van der Waals surface area contributed by atoms with Crippen molar-refractivity contribution in [2.45, 2.75) is 83.0 Å². The number of ketones is 1. The third-order valence-corrected chi connectivity index (χ3v) is 12.8. The van der Waals surface area contributed by atoms with E-state index in [-0.39, 0.29) is 90.8 Å². The smallest absolute Gasteiger partial charge is 0.375 e. The van der Waals surface area contributed by atoms with Gasteiger partial charge in [0.2, 0.25) is 5.76 Å². The molecule has 0 unspecified atom stereocenters. The first-order chi connectivity index (χ1) is 27.1. The summed E-state index contributed by atoms with van der Waals surface area (Å²) in [5.74, 6) is -2.78. The molecule has 2 bridgehead atoms. The average Bonchev–Trinajstić information content (AvgIpc) is 3.88. The molecular weight excluding hydrogens is 720 g/mol. The fourth-order valence-electron chi connectivity index (χ4n) is 9.63. The summed E-state index contributed by atoms with van der Waals surface area (Å²) in [6, 6.07) is 4.01. The third kappa shape index (κ3) is 6.47. The molecule has 5 atom stereocenters. The lowest BCUT2D eigenvalue weighted by atomic mass is 9.70. The number of allylic oxidation sites excluding steroid dienone is 3. The molecule has 56 heavy (non-hydrogen) atoms. The lowest BCUT2D eigenvalue weighted by Gasteiger charge is -2.39. The molecule has 5 aliphatic heterocycles. The zero-order valence-electron chi connectivity index (χ0n) is 31.9. The van der Waals surface area contributed by atoms with Gasteiger partial charge in [-0.25, -0.2) is 4.79 Å². The molecule has 2 aromatic rings. The molecule has 8 rings (SSSR count). The first-order valence-electron chi connectivity index (χ1n) is 19.9. The summed E-state index contributed by atoms with van der Waals surface area (Å²) in [5.41, 5.74) is 2.35. The second kappa shape index (κ2) is 15.5. The number of aldehydes is 1. The van der Waals surface area contributed by atoms with E-state index >= 15 is 0 Å². The predicted molar refractivity (Wildman–Crippen MR) is 202 cm³/mol. The Balaban J connectivity index is 1.40. The molecule has 5 N–H and O–H groups in total. The highest BCUT2D eigenvalue weighted by Gasteiger charge is 2.49. The number of carbonyl (C=O) groups excluding carboxylic acids is 3. The number of nitrogens with zero attached hydrogens (tertiary/aromatic N) is 1. The van der Waals surface area contributed by atoms with Crippen molar-refractivity contribution in [3.63, 3.8) is 0 Å². The zero-order valence-corrected chi connectivity index (χ0v) is 31.9. The van der Waals surface area contributed by atoms with E-state index in [0.717, 1.165) is 47.6 Å². The number of Topliss-reactive ketones (excluding diaryl/α,β-unsaturated/α-hetero) is 1. The average molecular weight is 771 g/mol. The number of rotatable bonds is 8. The number of nitrogens with one attached hydrogen (secondary N) is 1. The number of esters is 1. The number of ether oxygens (including phenoxy) is 4. The highest BCUT2D eigenvalue weighted by Crippen LogP contribution is 2.57. The Morgan fingerprint density at radius 3 is 2.59 bits per heavy atom. The number of aliphatic hydroxyl groups excluding tert-OH is 3. The van der Waals surface area contributed by atoms with Gasteiger partial charge in [-0.3, -0.25) is 14.6 Å². The Morgan fingerprint density at radius 2 is 1.88 bits per heavy atom. The minimum absolute atomic E-state index is 0.00528. The number of piperidine rings is 1. The van der Waals surface area contributed by atoms with Crippen LogP contribution >= 0.6 is 0 Å². The fourth-order valence-corrected chi connectivity index (χ4v) is 9.63. The van der Waals surface area contributed by atoms with Gasteiger partial charge in [0, 0.05) is 41.9 Å². The second-order valence-corrected chi connectivity index (χ2v) is 16.0. The molecule has 0 radical (unpaired) electrons. The van der Waals surface area contributed by atoms with Crippen LogP contribution in [-0.4, -0.2) is 96.2 Å². The molecule has 2 aromatic carbocycles. The standard InChI is InChI=1S/C43H50N2O11/c1-3-53-42(51)41-31(19-48)35-25-12-26(18-47)37(50)29(14-25)28-13-24-6-11-45-33(24)15-23(28)5-4-22(17-46)21-54-39-30-16-34(43(2,52)27-7-9-44-10-8-27)55-38(30)32(20-49)40(56-41)36(35)39/h6,13,15,19,22,26-27,29,34,44,46-47,49,52H,3-5,7-12,14,16-18,20-21H2,1-2H3/b35-25-/t22-,26+,29+,34-,43+/m0/s1. The van der Waals surface area contributed by atoms with Crippen molar-refractivity contribution in [1.82, 2.24) is 5.32 Å². The summed E-state index contributed by atoms with van der Waals surface area (Å²) in [4.78, 5) is 46.0. The lowest BCUT2D eigenvalue weighted by Crippen LogP contribution is -2.51. The van der Waals surface area contributed by atoms with E-state index in [1.54, 1.807) is 13.8 Å². The highest BCUT2D eigenvalue weighted by molar-refractivity contribution is 6.11.